The third-order valence-electron chi connectivity index (χ3n) is 9.70. The Kier molecular flexibility index (Phi) is 13.1. The summed E-state index contributed by atoms with van der Waals surface area (Å²) in [6, 6.07) is 34.1. The van der Waals surface area contributed by atoms with Crippen molar-refractivity contribution in [1.82, 2.24) is 0 Å². The van der Waals surface area contributed by atoms with Gasteiger partial charge in [-0.2, -0.15) is 0 Å². The predicted octanol–water partition coefficient (Wildman–Crippen LogP) is 3.41. The molecule has 2 heterocycles. The van der Waals surface area contributed by atoms with Gasteiger partial charge < -0.3 is 43.4 Å². The molecule has 0 aliphatic carbocycles. The summed E-state index contributed by atoms with van der Waals surface area (Å²) in [6.07, 6.45) is 0.394. The number of rotatable bonds is 8. The number of hydrogen-bond donors (Lipinski definition) is 0. The summed E-state index contributed by atoms with van der Waals surface area (Å²) >= 11 is 0. The van der Waals surface area contributed by atoms with E-state index in [0.29, 0.717) is 18.2 Å². The number of halogens is 2. The number of ether oxygens (including phenoxy) is 2. The van der Waals surface area contributed by atoms with Crippen molar-refractivity contribution in [3.05, 3.63) is 142 Å². The van der Waals surface area contributed by atoms with Gasteiger partial charge in [0.15, 0.2) is 23.0 Å². The van der Waals surface area contributed by atoms with Gasteiger partial charge in [-0.25, -0.2) is 9.98 Å². The molecule has 2 aliphatic rings. The van der Waals surface area contributed by atoms with Gasteiger partial charge in [0.05, 0.1) is 6.42 Å². The van der Waals surface area contributed by atoms with E-state index in [1.807, 2.05) is 0 Å². The number of nitrogens with zero attached hydrogens (tertiary/aromatic N) is 2. The minimum atomic E-state index is -0.750. The molecule has 256 valence electrons. The molecule has 0 saturated heterocycles. The van der Waals surface area contributed by atoms with Crippen molar-refractivity contribution in [3.63, 3.8) is 0 Å². The Hall–Kier alpha value is -2.73. The summed E-state index contributed by atoms with van der Waals surface area (Å²) in [5.41, 5.74) is 7.87. The molecule has 48 heavy (non-hydrogen) atoms. The van der Waals surface area contributed by atoms with E-state index < -0.39 is 11.2 Å². The van der Waals surface area contributed by atoms with Gasteiger partial charge in [-0.1, -0.05) is 125 Å². The molecule has 4 aromatic carbocycles. The van der Waals surface area contributed by atoms with Gasteiger partial charge in [0.2, 0.25) is 0 Å². The fourth-order valence-corrected chi connectivity index (χ4v) is 7.67. The number of aryl methyl sites for hydroxylation is 4. The monoisotopic (exact) mass is 814 g/mol. The van der Waals surface area contributed by atoms with Crippen molar-refractivity contribution >= 4 is 11.8 Å². The van der Waals surface area contributed by atoms with Crippen LogP contribution in [0.3, 0.4) is 0 Å². The maximum Gasteiger partial charge on any atom is 2.00 e. The summed E-state index contributed by atoms with van der Waals surface area (Å²) < 4.78 is 14.5. The van der Waals surface area contributed by atoms with E-state index in [9.17, 15) is 0 Å². The summed E-state index contributed by atoms with van der Waals surface area (Å²) in [5.74, 6) is 1.81. The molecule has 0 bridgehead atoms. The van der Waals surface area contributed by atoms with Crippen LogP contribution in [0.5, 0.6) is 0 Å². The Labute approximate surface area is 318 Å². The zero-order chi connectivity index (χ0) is 31.9. The largest absolute Gasteiger partial charge is 2.00 e. The molecule has 0 N–H and O–H groups in total. The van der Waals surface area contributed by atoms with E-state index in [2.05, 4.69) is 152 Å². The van der Waals surface area contributed by atoms with Crippen molar-refractivity contribution in [2.75, 3.05) is 0 Å². The summed E-state index contributed by atoms with van der Waals surface area (Å²) in [6.45, 7) is 17.6. The molecule has 0 radical (unpaired) electrons. The van der Waals surface area contributed by atoms with E-state index in [-0.39, 0.29) is 74.4 Å². The minimum Gasteiger partial charge on any atom is -1.00 e. The first-order chi connectivity index (χ1) is 21.6. The van der Waals surface area contributed by atoms with Gasteiger partial charge >= 0.3 is 16.5 Å². The molecule has 0 aromatic heterocycles. The molecular weight excluding hydrogens is 771 g/mol. The van der Waals surface area contributed by atoms with Crippen LogP contribution in [0.2, 0.25) is 0 Å². The van der Waals surface area contributed by atoms with Crippen LogP contribution in [0.25, 0.3) is 0 Å². The van der Waals surface area contributed by atoms with E-state index in [4.69, 9.17) is 19.5 Å². The van der Waals surface area contributed by atoms with Crippen LogP contribution in [0.4, 0.5) is 0 Å². The Morgan fingerprint density at radius 3 is 0.979 bits per heavy atom. The van der Waals surface area contributed by atoms with Crippen molar-refractivity contribution in [2.24, 2.45) is 21.8 Å². The van der Waals surface area contributed by atoms with Crippen LogP contribution in [0.15, 0.2) is 107 Å². The molecule has 4 nitrogen and oxygen atoms in total. The van der Waals surface area contributed by atoms with Crippen molar-refractivity contribution < 1.29 is 59.9 Å². The van der Waals surface area contributed by atoms with Crippen molar-refractivity contribution in [1.29, 1.82) is 0 Å². The smallest absolute Gasteiger partial charge is 1.00 e. The first kappa shape index (κ1) is 39.7. The Morgan fingerprint density at radius 1 is 0.500 bits per heavy atom. The zero-order valence-electron chi connectivity index (χ0n) is 29.0. The van der Waals surface area contributed by atoms with Crippen LogP contribution in [0, 0.1) is 39.5 Å². The summed E-state index contributed by atoms with van der Waals surface area (Å²) in [5, 5.41) is 0. The molecule has 6 rings (SSSR count). The zero-order valence-corrected chi connectivity index (χ0v) is 33.2. The second-order valence-electron chi connectivity index (χ2n) is 13.5. The fourth-order valence-electron chi connectivity index (χ4n) is 7.67. The predicted molar refractivity (Wildman–Crippen MR) is 185 cm³/mol. The molecule has 2 atom stereocenters. The number of benzene rings is 4. The van der Waals surface area contributed by atoms with Gasteiger partial charge in [0, 0.05) is 22.3 Å². The fraction of sp³-hybridized carbons (Fsp3) is 0.366. The van der Waals surface area contributed by atoms with Crippen molar-refractivity contribution in [2.45, 2.75) is 85.1 Å². The van der Waals surface area contributed by atoms with E-state index in [1.54, 1.807) is 0 Å². The Bertz CT molecular complexity index is 1560. The van der Waals surface area contributed by atoms with Crippen LogP contribution in [-0.4, -0.2) is 23.9 Å². The molecule has 0 saturated carbocycles. The van der Waals surface area contributed by atoms with Gasteiger partial charge in [-0.3, -0.25) is 0 Å². The summed E-state index contributed by atoms with van der Waals surface area (Å²) in [4.78, 5) is 10.7. The SMILES string of the molecule is Cc1ccccc1C1(c2ccccc2C)OC(CC2=N[C@H](C(C)C)C(c3ccccc3C)(c3ccccc3C)O2)=N[C@@H]1C(C)C.[Br-].[Br-].[Ni+2]. The first-order valence-corrected chi connectivity index (χ1v) is 16.4. The van der Waals surface area contributed by atoms with Crippen LogP contribution in [-0.2, 0) is 37.2 Å². The standard InChI is InChI=1S/C41H46N2O2.2BrH.Ni/c1-26(2)38-40(32-21-13-9-17-28(32)5,33-22-14-10-18-29(33)6)44-36(42-38)25-37-43-39(27(3)4)41(45-37,34-23-15-11-19-30(34)7)35-24-16-12-20-31(35)8;;;/h9-24,26-27,38-39H,25H2,1-8H3;2*1H;/q;;;+2/p-2/t38-,39-;;;/m1.../s1. The second-order valence-corrected chi connectivity index (χ2v) is 13.5. The molecule has 0 fully saturated rings. The van der Waals surface area contributed by atoms with Crippen molar-refractivity contribution in [3.8, 4) is 0 Å². The molecule has 0 spiro atoms. The second kappa shape index (κ2) is 15.9. The maximum absolute atomic E-state index is 7.23. The number of hydrogen-bond acceptors (Lipinski definition) is 4. The Balaban J connectivity index is 0.00000208. The van der Waals surface area contributed by atoms with Gasteiger partial charge in [-0.05, 0) is 61.8 Å². The average Bonchev–Trinajstić information content (AvgIpc) is 3.58. The average molecular weight is 817 g/mol. The van der Waals surface area contributed by atoms with Gasteiger partial charge in [0.25, 0.3) is 0 Å². The minimum absolute atomic E-state index is 0. The maximum atomic E-state index is 7.23. The topological polar surface area (TPSA) is 43.2 Å². The molecular formula is C41H46Br2N2NiO2. The summed E-state index contributed by atoms with van der Waals surface area (Å²) in [7, 11) is 0. The van der Waals surface area contributed by atoms with E-state index in [0.717, 1.165) is 22.3 Å². The molecule has 0 amide bonds. The normalized spacial score (nSPS) is 18.9. The molecule has 7 heteroatoms. The van der Waals surface area contributed by atoms with E-state index >= 15 is 0 Å². The number of aliphatic imine (C=N–C) groups is 2. The van der Waals surface area contributed by atoms with Gasteiger partial charge in [0.1, 0.15) is 12.1 Å². The quantitative estimate of drug-likeness (QED) is 0.257. The first-order valence-electron chi connectivity index (χ1n) is 16.4. The third-order valence-corrected chi connectivity index (χ3v) is 9.70. The molecule has 0 unspecified atom stereocenters. The van der Waals surface area contributed by atoms with Crippen LogP contribution < -0.4 is 34.0 Å². The Morgan fingerprint density at radius 2 is 0.750 bits per heavy atom. The molecule has 4 aromatic rings. The third kappa shape index (κ3) is 6.72. The van der Waals surface area contributed by atoms with Crippen LogP contribution >= 0.6 is 0 Å². The van der Waals surface area contributed by atoms with Crippen LogP contribution in [0.1, 0.15) is 78.6 Å². The van der Waals surface area contributed by atoms with Gasteiger partial charge in [-0.15, -0.1) is 0 Å². The molecule has 2 aliphatic heterocycles. The van der Waals surface area contributed by atoms with E-state index in [1.165, 1.54) is 22.3 Å².